The highest BCUT2D eigenvalue weighted by Gasteiger charge is 2.17. The molecule has 1 rings (SSSR count). The third kappa shape index (κ3) is 2.23. The smallest absolute Gasteiger partial charge is 0.217 e. The fourth-order valence-electron chi connectivity index (χ4n) is 1.13. The summed E-state index contributed by atoms with van der Waals surface area (Å²) >= 11 is 0. The van der Waals surface area contributed by atoms with Gasteiger partial charge >= 0.3 is 0 Å². The van der Waals surface area contributed by atoms with Crippen LogP contribution in [0.5, 0.6) is 0 Å². The molecular weight excluding hydrogens is 169 g/mol. The molecule has 13 heavy (non-hydrogen) atoms. The Bertz CT molecular complexity index is 277. The van der Waals surface area contributed by atoms with Gasteiger partial charge in [0.1, 0.15) is 0 Å². The molecule has 0 aliphatic heterocycles. The first-order chi connectivity index (χ1) is 6.16. The van der Waals surface area contributed by atoms with Gasteiger partial charge in [-0.15, -0.1) is 0 Å². The highest BCUT2D eigenvalue weighted by atomic mass is 19.1. The Labute approximate surface area is 77.0 Å². The third-order valence-corrected chi connectivity index (χ3v) is 2.08. The average molecular weight is 183 g/mol. The summed E-state index contributed by atoms with van der Waals surface area (Å²) in [7, 11) is 0. The molecule has 0 spiro atoms. The van der Waals surface area contributed by atoms with Crippen molar-refractivity contribution in [2.24, 2.45) is 11.5 Å². The summed E-state index contributed by atoms with van der Waals surface area (Å²) in [5, 5.41) is 0. The fourth-order valence-corrected chi connectivity index (χ4v) is 1.13. The average Bonchev–Trinajstić information content (AvgIpc) is 2.16. The second-order valence-electron chi connectivity index (χ2n) is 2.98. The van der Waals surface area contributed by atoms with E-state index in [4.69, 9.17) is 11.5 Å². The van der Waals surface area contributed by atoms with E-state index in [0.29, 0.717) is 5.56 Å². The molecule has 4 heteroatoms. The van der Waals surface area contributed by atoms with E-state index in [-0.39, 0.29) is 6.04 Å². The van der Waals surface area contributed by atoms with E-state index in [1.54, 1.807) is 12.1 Å². The zero-order chi connectivity index (χ0) is 9.84. The molecule has 0 aliphatic rings. The Hall–Kier alpha value is -1.00. The molecule has 0 saturated heterocycles. The molecule has 2 atom stereocenters. The summed E-state index contributed by atoms with van der Waals surface area (Å²) < 4.78 is 13.1. The van der Waals surface area contributed by atoms with Crippen molar-refractivity contribution in [1.29, 1.82) is 0 Å². The monoisotopic (exact) mass is 183 g/mol. The Morgan fingerprint density at radius 2 is 2.23 bits per heavy atom. The molecule has 1 aromatic rings. The maximum atomic E-state index is 13.1. The van der Waals surface area contributed by atoms with Crippen LogP contribution in [-0.4, -0.2) is 11.0 Å². The van der Waals surface area contributed by atoms with Crippen LogP contribution in [0.4, 0.5) is 4.39 Å². The highest BCUT2D eigenvalue weighted by molar-refractivity contribution is 5.16. The van der Waals surface area contributed by atoms with E-state index in [0.717, 1.165) is 6.42 Å². The molecule has 0 unspecified atom stereocenters. The van der Waals surface area contributed by atoms with Crippen molar-refractivity contribution in [2.45, 2.75) is 25.4 Å². The van der Waals surface area contributed by atoms with Crippen LogP contribution in [0, 0.1) is 5.95 Å². The third-order valence-electron chi connectivity index (χ3n) is 2.08. The number of hydrogen-bond donors (Lipinski definition) is 2. The summed E-state index contributed by atoms with van der Waals surface area (Å²) in [5.74, 6) is -0.529. The maximum absolute atomic E-state index is 13.1. The summed E-state index contributed by atoms with van der Waals surface area (Å²) in [4.78, 5) is 3.51. The lowest BCUT2D eigenvalue weighted by molar-refractivity contribution is 0.487. The number of rotatable bonds is 3. The summed E-state index contributed by atoms with van der Waals surface area (Å²) in [6.45, 7) is 1.92. The molecule has 0 bridgehead atoms. The van der Waals surface area contributed by atoms with Gasteiger partial charge in [-0.1, -0.05) is 13.0 Å². The molecule has 4 N–H and O–H groups in total. The zero-order valence-electron chi connectivity index (χ0n) is 7.57. The van der Waals surface area contributed by atoms with E-state index in [1.165, 1.54) is 6.20 Å². The van der Waals surface area contributed by atoms with Gasteiger partial charge in [-0.3, -0.25) is 0 Å². The largest absolute Gasteiger partial charge is 0.326 e. The Morgan fingerprint density at radius 3 is 2.77 bits per heavy atom. The van der Waals surface area contributed by atoms with Gasteiger partial charge in [0.05, 0.1) is 0 Å². The Balaban J connectivity index is 2.88. The topological polar surface area (TPSA) is 64.9 Å². The normalized spacial score (nSPS) is 15.4. The molecule has 0 aliphatic carbocycles. The Kier molecular flexibility index (Phi) is 3.33. The van der Waals surface area contributed by atoms with Gasteiger partial charge < -0.3 is 11.5 Å². The highest BCUT2D eigenvalue weighted by Crippen LogP contribution is 2.16. The van der Waals surface area contributed by atoms with Crippen molar-refractivity contribution in [3.8, 4) is 0 Å². The lowest BCUT2D eigenvalue weighted by atomic mass is 10.0. The van der Waals surface area contributed by atoms with Crippen LogP contribution in [0.2, 0.25) is 0 Å². The molecule has 0 aromatic carbocycles. The van der Waals surface area contributed by atoms with E-state index < -0.39 is 12.0 Å². The van der Waals surface area contributed by atoms with Crippen LogP contribution in [0.3, 0.4) is 0 Å². The van der Waals surface area contributed by atoms with Crippen molar-refractivity contribution >= 4 is 0 Å². The summed E-state index contributed by atoms with van der Waals surface area (Å²) in [5.41, 5.74) is 11.8. The number of nitrogens with zero attached hydrogens (tertiary/aromatic N) is 1. The predicted octanol–water partition coefficient (Wildman–Crippen LogP) is 0.958. The SMILES string of the molecule is CC[C@H](N)[C@@H](N)c1cccnc1F. The molecule has 1 heterocycles. The molecule has 0 radical (unpaired) electrons. The first-order valence-corrected chi connectivity index (χ1v) is 4.28. The predicted molar refractivity (Wildman–Crippen MR) is 49.4 cm³/mol. The van der Waals surface area contributed by atoms with Crippen molar-refractivity contribution in [3.05, 3.63) is 29.8 Å². The second kappa shape index (κ2) is 4.30. The molecule has 72 valence electrons. The van der Waals surface area contributed by atoms with Gasteiger partial charge in [-0.05, 0) is 12.5 Å². The maximum Gasteiger partial charge on any atom is 0.217 e. The van der Waals surface area contributed by atoms with Gasteiger partial charge in [0, 0.05) is 23.8 Å². The lowest BCUT2D eigenvalue weighted by Gasteiger charge is -2.18. The van der Waals surface area contributed by atoms with Gasteiger partial charge in [-0.2, -0.15) is 4.39 Å². The number of aromatic nitrogens is 1. The van der Waals surface area contributed by atoms with Crippen LogP contribution < -0.4 is 11.5 Å². The van der Waals surface area contributed by atoms with E-state index in [2.05, 4.69) is 4.98 Å². The minimum absolute atomic E-state index is 0.223. The zero-order valence-corrected chi connectivity index (χ0v) is 7.57. The van der Waals surface area contributed by atoms with Crippen LogP contribution in [-0.2, 0) is 0 Å². The van der Waals surface area contributed by atoms with E-state index in [1.807, 2.05) is 6.92 Å². The van der Waals surface area contributed by atoms with Crippen LogP contribution in [0.25, 0.3) is 0 Å². The lowest BCUT2D eigenvalue weighted by Crippen LogP contribution is -2.34. The summed E-state index contributed by atoms with van der Waals surface area (Å²) in [6, 6.07) is 2.57. The first-order valence-electron chi connectivity index (χ1n) is 4.28. The Morgan fingerprint density at radius 1 is 1.54 bits per heavy atom. The quantitative estimate of drug-likeness (QED) is 0.686. The van der Waals surface area contributed by atoms with Crippen molar-refractivity contribution in [2.75, 3.05) is 0 Å². The van der Waals surface area contributed by atoms with Crippen LogP contribution >= 0.6 is 0 Å². The number of nitrogens with two attached hydrogens (primary N) is 2. The molecular formula is C9H14FN3. The minimum atomic E-state index is -0.529. The minimum Gasteiger partial charge on any atom is -0.326 e. The molecule has 0 fully saturated rings. The van der Waals surface area contributed by atoms with E-state index in [9.17, 15) is 4.39 Å². The number of pyridine rings is 1. The van der Waals surface area contributed by atoms with Gasteiger partial charge in [0.25, 0.3) is 0 Å². The standard InChI is InChI=1S/C9H14FN3/c1-2-7(11)8(12)6-4-3-5-13-9(6)10/h3-5,7-8H,2,11-12H2,1H3/t7-,8-/m0/s1. The number of halogens is 1. The molecule has 3 nitrogen and oxygen atoms in total. The van der Waals surface area contributed by atoms with Gasteiger partial charge in [0.15, 0.2) is 0 Å². The van der Waals surface area contributed by atoms with Crippen molar-refractivity contribution < 1.29 is 4.39 Å². The first kappa shape index (κ1) is 10.1. The van der Waals surface area contributed by atoms with E-state index >= 15 is 0 Å². The van der Waals surface area contributed by atoms with Crippen LogP contribution in [0.1, 0.15) is 24.9 Å². The fraction of sp³-hybridized carbons (Fsp3) is 0.444. The van der Waals surface area contributed by atoms with Crippen molar-refractivity contribution in [3.63, 3.8) is 0 Å². The molecule has 1 aromatic heterocycles. The van der Waals surface area contributed by atoms with Crippen LogP contribution in [0.15, 0.2) is 18.3 Å². The summed E-state index contributed by atoms with van der Waals surface area (Å²) in [6.07, 6.45) is 2.11. The second-order valence-corrected chi connectivity index (χ2v) is 2.98. The van der Waals surface area contributed by atoms with Gasteiger partial charge in [0.2, 0.25) is 5.95 Å². The van der Waals surface area contributed by atoms with Gasteiger partial charge in [-0.25, -0.2) is 4.98 Å². The number of hydrogen-bond acceptors (Lipinski definition) is 3. The van der Waals surface area contributed by atoms with Crippen molar-refractivity contribution in [1.82, 2.24) is 4.98 Å². The molecule has 0 saturated carbocycles. The molecule has 0 amide bonds.